The maximum atomic E-state index is 13.0. The monoisotopic (exact) mass is 537 g/mol. The van der Waals surface area contributed by atoms with E-state index in [0.29, 0.717) is 40.9 Å². The number of nitrogens with one attached hydrogen (secondary N) is 1. The molecule has 0 bridgehead atoms. The summed E-state index contributed by atoms with van der Waals surface area (Å²) < 4.78 is 24.1. The minimum absolute atomic E-state index is 0.0942. The van der Waals surface area contributed by atoms with E-state index in [1.165, 1.54) is 6.20 Å². The Morgan fingerprint density at radius 3 is 2.56 bits per heavy atom. The van der Waals surface area contributed by atoms with E-state index in [4.69, 9.17) is 24.1 Å². The first-order valence-electron chi connectivity index (χ1n) is 12.4. The lowest BCUT2D eigenvalue weighted by Crippen LogP contribution is -2.18. The Kier molecular flexibility index (Phi) is 9.13. The lowest BCUT2D eigenvalue weighted by molar-refractivity contribution is 0.0751. The van der Waals surface area contributed by atoms with E-state index in [1.54, 1.807) is 61.6 Å². The van der Waals surface area contributed by atoms with Crippen LogP contribution >= 0.6 is 0 Å². The zero-order valence-electron chi connectivity index (χ0n) is 22.0. The number of aliphatic hydroxyl groups excluding tert-OH is 2. The highest BCUT2D eigenvalue weighted by atomic mass is 16.5. The van der Waals surface area contributed by atoms with E-state index in [0.717, 1.165) is 11.8 Å². The first-order chi connectivity index (χ1) is 18.9. The summed E-state index contributed by atoms with van der Waals surface area (Å²) in [7, 11) is 3.12. The lowest BCUT2D eigenvalue weighted by Gasteiger charge is -2.12. The van der Waals surface area contributed by atoms with Gasteiger partial charge in [0.25, 0.3) is 5.91 Å². The topological polar surface area (TPSA) is 150 Å². The number of benzene rings is 1. The number of carbonyl (C=O) groups is 1. The summed E-state index contributed by atoms with van der Waals surface area (Å²) in [6.07, 6.45) is 4.90. The van der Waals surface area contributed by atoms with E-state index < -0.39 is 12.0 Å². The summed E-state index contributed by atoms with van der Waals surface area (Å²) in [6.45, 7) is 2.36. The Labute approximate surface area is 225 Å². The predicted molar refractivity (Wildman–Crippen MR) is 143 cm³/mol. The highest BCUT2D eigenvalue weighted by Crippen LogP contribution is 2.36. The van der Waals surface area contributed by atoms with E-state index in [9.17, 15) is 9.90 Å². The molecule has 0 spiro atoms. The molecule has 3 heterocycles. The Morgan fingerprint density at radius 2 is 1.87 bits per heavy atom. The van der Waals surface area contributed by atoms with Gasteiger partial charge in [0.15, 0.2) is 22.9 Å². The fourth-order valence-electron chi connectivity index (χ4n) is 3.76. The predicted octanol–water partition coefficient (Wildman–Crippen LogP) is 3.42. The van der Waals surface area contributed by atoms with Gasteiger partial charge in [-0.1, -0.05) is 6.92 Å². The molecule has 12 nitrogen and oxygen atoms in total. The molecule has 4 aromatic rings. The molecule has 206 valence electrons. The van der Waals surface area contributed by atoms with Gasteiger partial charge in [-0.25, -0.2) is 4.98 Å². The molecule has 0 aliphatic carbocycles. The van der Waals surface area contributed by atoms with Gasteiger partial charge in [0.1, 0.15) is 17.3 Å². The molecule has 12 heteroatoms. The first kappa shape index (κ1) is 27.6. The van der Waals surface area contributed by atoms with Crippen molar-refractivity contribution in [3.05, 3.63) is 54.6 Å². The van der Waals surface area contributed by atoms with Crippen LogP contribution in [0.4, 0.5) is 5.82 Å². The van der Waals surface area contributed by atoms with Gasteiger partial charge in [-0.05, 0) is 30.7 Å². The Bertz CT molecular complexity index is 1410. The molecular weight excluding hydrogens is 506 g/mol. The van der Waals surface area contributed by atoms with Crippen molar-refractivity contribution in [2.45, 2.75) is 32.4 Å². The van der Waals surface area contributed by atoms with Crippen LogP contribution in [-0.4, -0.2) is 69.4 Å². The van der Waals surface area contributed by atoms with Crippen LogP contribution in [0.3, 0.4) is 0 Å². The van der Waals surface area contributed by atoms with Crippen LogP contribution in [0.1, 0.15) is 30.3 Å². The van der Waals surface area contributed by atoms with Gasteiger partial charge in [0.05, 0.1) is 51.4 Å². The zero-order valence-corrected chi connectivity index (χ0v) is 22.0. The quantitative estimate of drug-likeness (QED) is 0.231. The molecule has 1 aromatic carbocycles. The fourth-order valence-corrected chi connectivity index (χ4v) is 3.76. The SMILES string of the molecule is CCCn1cc(OCCC(O)CO)c(C(=O)Nc2ccc(Oc3ccnc4cc(OC)c(OC)cc34)cn2)n1. The Morgan fingerprint density at radius 1 is 1.08 bits per heavy atom. The average Bonchev–Trinajstić information content (AvgIpc) is 3.36. The molecule has 4 rings (SSSR count). The van der Waals surface area contributed by atoms with E-state index >= 15 is 0 Å². The minimum Gasteiger partial charge on any atom is -0.493 e. The van der Waals surface area contributed by atoms with Gasteiger partial charge in [-0.15, -0.1) is 0 Å². The summed E-state index contributed by atoms with van der Waals surface area (Å²) >= 11 is 0. The van der Waals surface area contributed by atoms with Crippen molar-refractivity contribution in [3.63, 3.8) is 0 Å². The normalized spacial score (nSPS) is 11.7. The number of fused-ring (bicyclic) bond motifs is 1. The summed E-state index contributed by atoms with van der Waals surface area (Å²) in [4.78, 5) is 21.7. The number of aliphatic hydroxyl groups is 2. The molecular formula is C27H31N5O7. The van der Waals surface area contributed by atoms with Crippen LogP contribution in [0.2, 0.25) is 0 Å². The molecule has 1 atom stereocenters. The van der Waals surface area contributed by atoms with Gasteiger partial charge in [-0.2, -0.15) is 5.10 Å². The van der Waals surface area contributed by atoms with Crippen LogP contribution in [0.5, 0.6) is 28.7 Å². The second-order valence-electron chi connectivity index (χ2n) is 8.55. The Hall–Kier alpha value is -4.42. The number of hydrogen-bond acceptors (Lipinski definition) is 10. The van der Waals surface area contributed by atoms with Gasteiger partial charge >= 0.3 is 0 Å². The maximum Gasteiger partial charge on any atom is 0.281 e. The van der Waals surface area contributed by atoms with Crippen molar-refractivity contribution >= 4 is 22.6 Å². The van der Waals surface area contributed by atoms with Crippen molar-refractivity contribution in [1.82, 2.24) is 19.7 Å². The van der Waals surface area contributed by atoms with Gasteiger partial charge in [-0.3, -0.25) is 14.5 Å². The molecule has 0 fully saturated rings. The second kappa shape index (κ2) is 12.9. The van der Waals surface area contributed by atoms with Crippen LogP contribution in [-0.2, 0) is 6.54 Å². The maximum absolute atomic E-state index is 13.0. The average molecular weight is 538 g/mol. The number of rotatable bonds is 13. The third-order valence-corrected chi connectivity index (χ3v) is 5.73. The van der Waals surface area contributed by atoms with Gasteiger partial charge < -0.3 is 34.5 Å². The highest BCUT2D eigenvalue weighted by molar-refractivity contribution is 6.04. The third kappa shape index (κ3) is 6.72. The number of hydrogen-bond donors (Lipinski definition) is 3. The molecule has 0 saturated heterocycles. The highest BCUT2D eigenvalue weighted by Gasteiger charge is 2.20. The van der Waals surface area contributed by atoms with Crippen molar-refractivity contribution in [1.29, 1.82) is 0 Å². The number of anilines is 1. The fraction of sp³-hybridized carbons (Fsp3) is 0.333. The molecule has 1 amide bonds. The standard InChI is InChI=1S/C27H31N5O7/c1-4-10-32-15-24(38-11-8-17(34)16-33)26(31-32)27(35)30-25-6-5-18(14-29-25)39-21-7-9-28-20-13-23(37-3)22(36-2)12-19(20)21/h5-7,9,12-15,17,33-34H,4,8,10-11,16H2,1-3H3,(H,29,30,35). The smallest absolute Gasteiger partial charge is 0.281 e. The number of amides is 1. The van der Waals surface area contributed by atoms with Crippen LogP contribution in [0.15, 0.2) is 48.9 Å². The van der Waals surface area contributed by atoms with E-state index in [2.05, 4.69) is 20.4 Å². The Balaban J connectivity index is 1.47. The molecule has 1 unspecified atom stereocenters. The van der Waals surface area contributed by atoms with Crippen molar-refractivity contribution < 1.29 is 34.0 Å². The van der Waals surface area contributed by atoms with Crippen molar-refractivity contribution in [2.24, 2.45) is 0 Å². The number of methoxy groups -OCH3 is 2. The number of ether oxygens (including phenoxy) is 4. The number of nitrogens with zero attached hydrogens (tertiary/aromatic N) is 4. The molecule has 3 N–H and O–H groups in total. The molecule has 0 saturated carbocycles. The summed E-state index contributed by atoms with van der Waals surface area (Å²) in [5, 5.41) is 26.3. The number of aryl methyl sites for hydroxylation is 1. The summed E-state index contributed by atoms with van der Waals surface area (Å²) in [5.74, 6) is 2.20. The van der Waals surface area contributed by atoms with E-state index in [1.807, 2.05) is 6.92 Å². The van der Waals surface area contributed by atoms with Crippen LogP contribution in [0, 0.1) is 0 Å². The number of carbonyl (C=O) groups excluding carboxylic acids is 1. The molecule has 3 aromatic heterocycles. The number of aromatic nitrogens is 4. The zero-order chi connectivity index (χ0) is 27.8. The number of pyridine rings is 2. The lowest BCUT2D eigenvalue weighted by atomic mass is 10.2. The summed E-state index contributed by atoms with van der Waals surface area (Å²) in [6, 6.07) is 8.59. The van der Waals surface area contributed by atoms with E-state index in [-0.39, 0.29) is 31.1 Å². The van der Waals surface area contributed by atoms with Gasteiger partial charge in [0.2, 0.25) is 0 Å². The summed E-state index contributed by atoms with van der Waals surface area (Å²) in [5.41, 5.74) is 0.769. The van der Waals surface area contributed by atoms with Crippen molar-refractivity contribution in [2.75, 3.05) is 32.8 Å². The third-order valence-electron chi connectivity index (χ3n) is 5.73. The first-order valence-corrected chi connectivity index (χ1v) is 12.4. The van der Waals surface area contributed by atoms with Gasteiger partial charge in [0, 0.05) is 30.6 Å². The molecule has 39 heavy (non-hydrogen) atoms. The molecule has 0 aliphatic rings. The second-order valence-corrected chi connectivity index (χ2v) is 8.55. The largest absolute Gasteiger partial charge is 0.493 e. The minimum atomic E-state index is -0.895. The molecule has 0 radical (unpaired) electrons. The van der Waals surface area contributed by atoms with Crippen LogP contribution in [0.25, 0.3) is 10.9 Å². The molecule has 0 aliphatic heterocycles. The van der Waals surface area contributed by atoms with Crippen LogP contribution < -0.4 is 24.3 Å². The van der Waals surface area contributed by atoms with Crippen molar-refractivity contribution in [3.8, 4) is 28.7 Å².